The highest BCUT2D eigenvalue weighted by molar-refractivity contribution is 6.39. The van der Waals surface area contributed by atoms with Gasteiger partial charge in [-0.1, -0.05) is 59.6 Å². The average molecular weight is 408 g/mol. The standard InChI is InChI=1S/C20H23Cl2N3O2/c1-25(14-19(27)24-20-16(21)10-5-11-17(20)22)13-18(26)23-12-6-9-15-7-3-2-4-8-15/h2-5,7-8,10-11H,6,9,12-14H2,1H3,(H,23,26)(H,24,27). The SMILES string of the molecule is CN(CC(=O)NCCCc1ccccc1)CC(=O)Nc1c(Cl)cccc1Cl. The van der Waals surface area contributed by atoms with Crippen molar-refractivity contribution in [1.82, 2.24) is 10.2 Å². The minimum absolute atomic E-state index is 0.0546. The van der Waals surface area contributed by atoms with E-state index in [-0.39, 0.29) is 24.9 Å². The molecule has 0 bridgehead atoms. The van der Waals surface area contributed by atoms with Crippen LogP contribution in [0.25, 0.3) is 0 Å². The van der Waals surface area contributed by atoms with Gasteiger partial charge in [0.25, 0.3) is 0 Å². The second kappa shape index (κ2) is 10.9. The number of anilines is 1. The summed E-state index contributed by atoms with van der Waals surface area (Å²) in [7, 11) is 1.71. The number of carbonyl (C=O) groups excluding carboxylic acids is 2. The molecule has 2 rings (SSSR count). The fourth-order valence-electron chi connectivity index (χ4n) is 2.56. The second-order valence-electron chi connectivity index (χ2n) is 6.26. The maximum absolute atomic E-state index is 12.1. The molecule has 0 spiro atoms. The number of benzene rings is 2. The maximum Gasteiger partial charge on any atom is 0.238 e. The van der Waals surface area contributed by atoms with Crippen LogP contribution in [0.3, 0.4) is 0 Å². The molecule has 0 aliphatic rings. The number of rotatable bonds is 9. The van der Waals surface area contributed by atoms with Gasteiger partial charge >= 0.3 is 0 Å². The highest BCUT2D eigenvalue weighted by Gasteiger charge is 2.13. The minimum atomic E-state index is -0.288. The van der Waals surface area contributed by atoms with Crippen LogP contribution in [-0.4, -0.2) is 43.4 Å². The van der Waals surface area contributed by atoms with E-state index in [0.717, 1.165) is 12.8 Å². The Labute approximate surface area is 169 Å². The minimum Gasteiger partial charge on any atom is -0.355 e. The van der Waals surface area contributed by atoms with Crippen LogP contribution < -0.4 is 10.6 Å². The number of hydrogen-bond acceptors (Lipinski definition) is 3. The molecule has 0 radical (unpaired) electrons. The van der Waals surface area contributed by atoms with Gasteiger partial charge in [-0.3, -0.25) is 14.5 Å². The third-order valence-electron chi connectivity index (χ3n) is 3.86. The Kier molecular flexibility index (Phi) is 8.58. The summed E-state index contributed by atoms with van der Waals surface area (Å²) >= 11 is 12.1. The first kappa shape index (κ1) is 21.2. The Morgan fingerprint density at radius 2 is 1.56 bits per heavy atom. The fraction of sp³-hybridized carbons (Fsp3) is 0.300. The normalized spacial score (nSPS) is 10.7. The number of aryl methyl sites for hydroxylation is 1. The summed E-state index contributed by atoms with van der Waals surface area (Å²) in [6.07, 6.45) is 1.78. The maximum atomic E-state index is 12.1. The molecule has 0 unspecified atom stereocenters. The predicted octanol–water partition coefficient (Wildman–Crippen LogP) is 3.61. The van der Waals surface area contributed by atoms with Crippen molar-refractivity contribution >= 4 is 40.7 Å². The monoisotopic (exact) mass is 407 g/mol. The summed E-state index contributed by atoms with van der Waals surface area (Å²) in [4.78, 5) is 25.7. The summed E-state index contributed by atoms with van der Waals surface area (Å²) in [6.45, 7) is 0.789. The highest BCUT2D eigenvalue weighted by Crippen LogP contribution is 2.29. The number of para-hydroxylation sites is 1. The fourth-order valence-corrected chi connectivity index (χ4v) is 3.06. The van der Waals surface area contributed by atoms with Crippen LogP contribution in [0.5, 0.6) is 0 Å². The highest BCUT2D eigenvalue weighted by atomic mass is 35.5. The lowest BCUT2D eigenvalue weighted by molar-refractivity contribution is -0.122. The molecule has 5 nitrogen and oxygen atoms in total. The first-order valence-electron chi connectivity index (χ1n) is 8.68. The largest absolute Gasteiger partial charge is 0.355 e. The van der Waals surface area contributed by atoms with Gasteiger partial charge in [0.1, 0.15) is 0 Å². The van der Waals surface area contributed by atoms with Crippen LogP contribution in [0.1, 0.15) is 12.0 Å². The number of likely N-dealkylation sites (N-methyl/N-ethyl adjacent to an activating group) is 1. The molecular weight excluding hydrogens is 385 g/mol. The van der Waals surface area contributed by atoms with Gasteiger partial charge in [-0.2, -0.15) is 0 Å². The van der Waals surface area contributed by atoms with E-state index in [1.165, 1.54) is 5.56 Å². The van der Waals surface area contributed by atoms with E-state index >= 15 is 0 Å². The first-order valence-corrected chi connectivity index (χ1v) is 9.44. The molecule has 2 aromatic rings. The van der Waals surface area contributed by atoms with Gasteiger partial charge in [-0.15, -0.1) is 0 Å². The summed E-state index contributed by atoms with van der Waals surface area (Å²) in [5.41, 5.74) is 1.63. The molecule has 27 heavy (non-hydrogen) atoms. The number of halogens is 2. The molecule has 2 amide bonds. The molecule has 0 aliphatic heterocycles. The van der Waals surface area contributed by atoms with Crippen molar-refractivity contribution < 1.29 is 9.59 Å². The Balaban J connectivity index is 1.67. The lowest BCUT2D eigenvalue weighted by Crippen LogP contribution is -2.39. The van der Waals surface area contributed by atoms with Gasteiger partial charge in [0.05, 0.1) is 28.8 Å². The van der Waals surface area contributed by atoms with Crippen molar-refractivity contribution in [3.63, 3.8) is 0 Å². The Morgan fingerprint density at radius 3 is 2.22 bits per heavy atom. The van der Waals surface area contributed by atoms with Crippen molar-refractivity contribution in [2.75, 3.05) is 32.0 Å². The van der Waals surface area contributed by atoms with E-state index in [0.29, 0.717) is 22.3 Å². The number of hydrogen-bond donors (Lipinski definition) is 2. The van der Waals surface area contributed by atoms with Crippen molar-refractivity contribution in [2.24, 2.45) is 0 Å². The molecule has 2 aromatic carbocycles. The second-order valence-corrected chi connectivity index (χ2v) is 7.07. The zero-order valence-electron chi connectivity index (χ0n) is 15.2. The molecule has 0 saturated carbocycles. The zero-order valence-corrected chi connectivity index (χ0v) is 16.7. The van der Waals surface area contributed by atoms with Gasteiger partial charge in [0.2, 0.25) is 11.8 Å². The van der Waals surface area contributed by atoms with Crippen LogP contribution in [0.4, 0.5) is 5.69 Å². The first-order chi connectivity index (χ1) is 13.0. The van der Waals surface area contributed by atoms with Crippen LogP contribution >= 0.6 is 23.2 Å². The van der Waals surface area contributed by atoms with Gasteiger partial charge in [-0.25, -0.2) is 0 Å². The van der Waals surface area contributed by atoms with Crippen LogP contribution in [0.15, 0.2) is 48.5 Å². The molecule has 0 heterocycles. The van der Waals surface area contributed by atoms with Crippen LogP contribution in [-0.2, 0) is 16.0 Å². The Morgan fingerprint density at radius 1 is 0.926 bits per heavy atom. The smallest absolute Gasteiger partial charge is 0.238 e. The van der Waals surface area contributed by atoms with Gasteiger partial charge in [0.15, 0.2) is 0 Å². The van der Waals surface area contributed by atoms with Gasteiger partial charge in [-0.05, 0) is 37.6 Å². The number of nitrogens with one attached hydrogen (secondary N) is 2. The molecule has 0 aromatic heterocycles. The molecule has 2 N–H and O–H groups in total. The van der Waals surface area contributed by atoms with Crippen molar-refractivity contribution in [2.45, 2.75) is 12.8 Å². The van der Waals surface area contributed by atoms with E-state index in [1.54, 1.807) is 30.1 Å². The molecule has 0 fully saturated rings. The zero-order chi connectivity index (χ0) is 19.6. The van der Waals surface area contributed by atoms with Crippen LogP contribution in [0.2, 0.25) is 10.0 Å². The molecular formula is C20H23Cl2N3O2. The predicted molar refractivity (Wildman–Crippen MR) is 110 cm³/mol. The van der Waals surface area contributed by atoms with Crippen molar-refractivity contribution in [1.29, 1.82) is 0 Å². The van der Waals surface area contributed by atoms with E-state index in [1.807, 2.05) is 18.2 Å². The van der Waals surface area contributed by atoms with Crippen molar-refractivity contribution in [3.05, 3.63) is 64.1 Å². The van der Waals surface area contributed by atoms with Crippen LogP contribution in [0, 0.1) is 0 Å². The Bertz CT molecular complexity index is 749. The summed E-state index contributed by atoms with van der Waals surface area (Å²) in [5, 5.41) is 6.29. The topological polar surface area (TPSA) is 61.4 Å². The van der Waals surface area contributed by atoms with Gasteiger partial charge < -0.3 is 10.6 Å². The lowest BCUT2D eigenvalue weighted by Gasteiger charge is -2.16. The molecule has 144 valence electrons. The summed E-state index contributed by atoms with van der Waals surface area (Å²) < 4.78 is 0. The van der Waals surface area contributed by atoms with E-state index < -0.39 is 0 Å². The summed E-state index contributed by atoms with van der Waals surface area (Å²) in [6, 6.07) is 15.1. The molecule has 0 saturated heterocycles. The average Bonchev–Trinajstić information content (AvgIpc) is 2.63. The number of carbonyl (C=O) groups is 2. The summed E-state index contributed by atoms with van der Waals surface area (Å²) in [5.74, 6) is -0.404. The third kappa shape index (κ3) is 7.59. The van der Waals surface area contributed by atoms with E-state index in [9.17, 15) is 9.59 Å². The van der Waals surface area contributed by atoms with Crippen molar-refractivity contribution in [3.8, 4) is 0 Å². The molecule has 0 atom stereocenters. The Hall–Kier alpha value is -2.08. The lowest BCUT2D eigenvalue weighted by atomic mass is 10.1. The quantitative estimate of drug-likeness (QED) is 0.624. The number of amides is 2. The van der Waals surface area contributed by atoms with E-state index in [2.05, 4.69) is 22.8 Å². The van der Waals surface area contributed by atoms with E-state index in [4.69, 9.17) is 23.2 Å². The van der Waals surface area contributed by atoms with Gasteiger partial charge in [0, 0.05) is 6.54 Å². The molecule has 0 aliphatic carbocycles. The number of nitrogens with zero attached hydrogens (tertiary/aromatic N) is 1. The third-order valence-corrected chi connectivity index (χ3v) is 4.49. The molecule has 7 heteroatoms.